The first kappa shape index (κ1) is 21.4. The van der Waals surface area contributed by atoms with E-state index in [1.807, 2.05) is 0 Å². The van der Waals surface area contributed by atoms with Gasteiger partial charge in [-0.05, 0) is 49.1 Å². The predicted octanol–water partition coefficient (Wildman–Crippen LogP) is 4.74. The molecule has 1 saturated heterocycles. The number of hydrogen-bond acceptors (Lipinski definition) is 2. The third-order valence-electron chi connectivity index (χ3n) is 4.97. The van der Waals surface area contributed by atoms with Crippen LogP contribution >= 0.6 is 23.2 Å². The average molecular weight is 438 g/mol. The van der Waals surface area contributed by atoms with Crippen LogP contribution in [0, 0.1) is 11.7 Å². The summed E-state index contributed by atoms with van der Waals surface area (Å²) >= 11 is 12.0. The number of benzene rings is 2. The lowest BCUT2D eigenvalue weighted by Gasteiger charge is -2.31. The second-order valence-electron chi connectivity index (χ2n) is 6.95. The van der Waals surface area contributed by atoms with Gasteiger partial charge in [-0.15, -0.1) is 0 Å². The molecule has 2 aromatic carbocycles. The molecule has 0 bridgehead atoms. The summed E-state index contributed by atoms with van der Waals surface area (Å²) in [5.41, 5.74) is 1.04. The molecule has 0 saturated carbocycles. The Morgan fingerprint density at radius 1 is 1.10 bits per heavy atom. The molecular weight excluding hydrogens is 416 g/mol. The van der Waals surface area contributed by atoms with E-state index in [0.29, 0.717) is 60.2 Å². The molecule has 1 aliphatic heterocycles. The molecule has 0 spiro atoms. The van der Waals surface area contributed by atoms with E-state index in [0.717, 1.165) is 0 Å². The summed E-state index contributed by atoms with van der Waals surface area (Å²) in [4.78, 5) is 26.5. The molecule has 29 heavy (non-hydrogen) atoms. The number of piperidine rings is 1. The molecule has 8 heteroatoms. The first-order valence-electron chi connectivity index (χ1n) is 9.46. The summed E-state index contributed by atoms with van der Waals surface area (Å²) in [6, 6.07) is 11.1. The van der Waals surface area contributed by atoms with Crippen molar-refractivity contribution in [2.45, 2.75) is 19.3 Å². The highest BCUT2D eigenvalue weighted by molar-refractivity contribution is 6.35. The van der Waals surface area contributed by atoms with Crippen molar-refractivity contribution < 1.29 is 14.0 Å². The minimum atomic E-state index is -0.271. The van der Waals surface area contributed by atoms with Crippen molar-refractivity contribution in [1.82, 2.24) is 10.2 Å². The van der Waals surface area contributed by atoms with Crippen LogP contribution in [0.3, 0.4) is 0 Å². The van der Waals surface area contributed by atoms with Gasteiger partial charge in [0.1, 0.15) is 5.82 Å². The van der Waals surface area contributed by atoms with Gasteiger partial charge in [-0.2, -0.15) is 0 Å². The highest BCUT2D eigenvalue weighted by Crippen LogP contribution is 2.26. The first-order chi connectivity index (χ1) is 13.9. The molecule has 5 nitrogen and oxygen atoms in total. The van der Waals surface area contributed by atoms with Crippen molar-refractivity contribution in [2.24, 2.45) is 5.92 Å². The van der Waals surface area contributed by atoms with E-state index >= 15 is 0 Å². The van der Waals surface area contributed by atoms with Crippen LogP contribution in [-0.2, 0) is 11.2 Å². The van der Waals surface area contributed by atoms with Gasteiger partial charge in [-0.1, -0.05) is 41.4 Å². The molecule has 0 radical (unpaired) electrons. The van der Waals surface area contributed by atoms with Crippen LogP contribution in [0.1, 0.15) is 18.4 Å². The highest BCUT2D eigenvalue weighted by Gasteiger charge is 2.27. The SMILES string of the molecule is O=C(NCCc1ccccc1F)C1CCN(C(=O)Nc2cc(Cl)ccc2Cl)CC1. The standard InChI is InChI=1S/C21H22Cl2FN3O2/c22-16-5-6-17(23)19(13-16)26-21(29)27-11-8-15(9-12-27)20(28)25-10-7-14-3-1-2-4-18(14)24/h1-6,13,15H,7-12H2,(H,25,28)(H,26,29). The van der Waals surface area contributed by atoms with Crippen LogP contribution in [0.25, 0.3) is 0 Å². The molecule has 0 unspecified atom stereocenters. The summed E-state index contributed by atoms with van der Waals surface area (Å²) in [6.07, 6.45) is 1.59. The van der Waals surface area contributed by atoms with Crippen molar-refractivity contribution in [3.05, 3.63) is 63.9 Å². The number of nitrogens with zero attached hydrogens (tertiary/aromatic N) is 1. The maximum Gasteiger partial charge on any atom is 0.321 e. The fraction of sp³-hybridized carbons (Fsp3) is 0.333. The van der Waals surface area contributed by atoms with E-state index in [1.165, 1.54) is 6.07 Å². The van der Waals surface area contributed by atoms with Crippen molar-refractivity contribution in [3.63, 3.8) is 0 Å². The lowest BCUT2D eigenvalue weighted by atomic mass is 9.96. The Kier molecular flexibility index (Phi) is 7.34. The third-order valence-corrected chi connectivity index (χ3v) is 5.54. The number of hydrogen-bond donors (Lipinski definition) is 2. The van der Waals surface area contributed by atoms with E-state index < -0.39 is 0 Å². The van der Waals surface area contributed by atoms with Gasteiger partial charge in [0.2, 0.25) is 5.91 Å². The van der Waals surface area contributed by atoms with Gasteiger partial charge >= 0.3 is 6.03 Å². The van der Waals surface area contributed by atoms with Gasteiger partial charge in [0.25, 0.3) is 0 Å². The van der Waals surface area contributed by atoms with Gasteiger partial charge < -0.3 is 15.5 Å². The van der Waals surface area contributed by atoms with E-state index in [1.54, 1.807) is 41.3 Å². The summed E-state index contributed by atoms with van der Waals surface area (Å²) in [7, 11) is 0. The monoisotopic (exact) mass is 437 g/mol. The van der Waals surface area contributed by atoms with E-state index in [2.05, 4.69) is 10.6 Å². The molecule has 3 amide bonds. The summed E-state index contributed by atoms with van der Waals surface area (Å²) < 4.78 is 13.6. The zero-order valence-corrected chi connectivity index (χ0v) is 17.3. The maximum absolute atomic E-state index is 13.6. The number of amides is 3. The van der Waals surface area contributed by atoms with Crippen molar-refractivity contribution >= 4 is 40.8 Å². The molecule has 0 atom stereocenters. The molecule has 2 N–H and O–H groups in total. The van der Waals surface area contributed by atoms with Crippen LogP contribution in [0.2, 0.25) is 10.0 Å². The smallest absolute Gasteiger partial charge is 0.321 e. The lowest BCUT2D eigenvalue weighted by Crippen LogP contribution is -2.44. The Morgan fingerprint density at radius 3 is 2.55 bits per heavy atom. The van der Waals surface area contributed by atoms with Gasteiger partial charge in [-0.25, -0.2) is 9.18 Å². The fourth-order valence-electron chi connectivity index (χ4n) is 3.30. The molecule has 3 rings (SSSR count). The van der Waals surface area contributed by atoms with Gasteiger partial charge in [-0.3, -0.25) is 4.79 Å². The zero-order valence-electron chi connectivity index (χ0n) is 15.8. The first-order valence-corrected chi connectivity index (χ1v) is 10.2. The number of anilines is 1. The minimum absolute atomic E-state index is 0.0562. The zero-order chi connectivity index (χ0) is 20.8. The van der Waals surface area contributed by atoms with E-state index in [4.69, 9.17) is 23.2 Å². The van der Waals surface area contributed by atoms with E-state index in [-0.39, 0.29) is 23.7 Å². The lowest BCUT2D eigenvalue weighted by molar-refractivity contribution is -0.126. The molecule has 1 heterocycles. The Balaban J connectivity index is 1.43. The quantitative estimate of drug-likeness (QED) is 0.709. The summed E-state index contributed by atoms with van der Waals surface area (Å²) in [5, 5.41) is 6.52. The van der Waals surface area contributed by atoms with Crippen molar-refractivity contribution in [3.8, 4) is 0 Å². The maximum atomic E-state index is 13.6. The molecule has 1 aliphatic rings. The number of halogens is 3. The van der Waals surface area contributed by atoms with Crippen molar-refractivity contribution in [1.29, 1.82) is 0 Å². The molecule has 0 aromatic heterocycles. The molecule has 2 aromatic rings. The number of nitrogens with one attached hydrogen (secondary N) is 2. The second-order valence-corrected chi connectivity index (χ2v) is 7.79. The summed E-state index contributed by atoms with van der Waals surface area (Å²) in [5.74, 6) is -0.477. The number of likely N-dealkylation sites (tertiary alicyclic amines) is 1. The van der Waals surface area contributed by atoms with Gasteiger partial charge in [0, 0.05) is 30.6 Å². The Bertz CT molecular complexity index is 886. The Hall–Kier alpha value is -2.31. The van der Waals surface area contributed by atoms with E-state index in [9.17, 15) is 14.0 Å². The average Bonchev–Trinajstić information content (AvgIpc) is 2.72. The Morgan fingerprint density at radius 2 is 1.83 bits per heavy atom. The van der Waals surface area contributed by atoms with Crippen LogP contribution in [0.15, 0.2) is 42.5 Å². The molecule has 1 fully saturated rings. The summed E-state index contributed by atoms with van der Waals surface area (Å²) in [6.45, 7) is 1.32. The normalized spacial score (nSPS) is 14.5. The molecule has 154 valence electrons. The topological polar surface area (TPSA) is 61.4 Å². The second kappa shape index (κ2) is 9.94. The van der Waals surface area contributed by atoms with Crippen molar-refractivity contribution in [2.75, 3.05) is 25.0 Å². The predicted molar refractivity (Wildman–Crippen MR) is 113 cm³/mol. The molecule has 0 aliphatic carbocycles. The highest BCUT2D eigenvalue weighted by atomic mass is 35.5. The Labute approximate surface area is 179 Å². The fourth-order valence-corrected chi connectivity index (χ4v) is 3.64. The largest absolute Gasteiger partial charge is 0.356 e. The van der Waals surface area contributed by atoms with Crippen LogP contribution in [0.5, 0.6) is 0 Å². The number of carbonyl (C=O) groups is 2. The number of carbonyl (C=O) groups excluding carboxylic acids is 2. The number of urea groups is 1. The number of rotatable bonds is 5. The molecular formula is C21H22Cl2FN3O2. The minimum Gasteiger partial charge on any atom is -0.356 e. The van der Waals surface area contributed by atoms with Gasteiger partial charge in [0.15, 0.2) is 0 Å². The third kappa shape index (κ3) is 5.84. The van der Waals surface area contributed by atoms with Crippen LogP contribution in [-0.4, -0.2) is 36.5 Å². The van der Waals surface area contributed by atoms with Crippen LogP contribution in [0.4, 0.5) is 14.9 Å². The van der Waals surface area contributed by atoms with Crippen LogP contribution < -0.4 is 10.6 Å². The van der Waals surface area contributed by atoms with Gasteiger partial charge in [0.05, 0.1) is 10.7 Å².